The average molecular weight is 279 g/mol. The zero-order valence-electron chi connectivity index (χ0n) is 9.08. The molecule has 4 nitrogen and oxygen atoms in total. The fourth-order valence-corrected chi connectivity index (χ4v) is 1.80. The van der Waals surface area contributed by atoms with E-state index in [1.54, 1.807) is 0 Å². The van der Waals surface area contributed by atoms with Crippen LogP contribution in [0.3, 0.4) is 0 Å². The van der Waals surface area contributed by atoms with Crippen LogP contribution in [0.2, 0.25) is 5.02 Å². The van der Waals surface area contributed by atoms with Crippen molar-refractivity contribution in [2.24, 2.45) is 0 Å². The first-order valence-electron chi connectivity index (χ1n) is 5.13. The Morgan fingerprint density at radius 2 is 2.00 bits per heavy atom. The number of carboxylic acid groups (broad SMARTS) is 1. The molecule has 0 aromatic heterocycles. The fourth-order valence-electron chi connectivity index (χ4n) is 1.54. The van der Waals surface area contributed by atoms with Crippen LogP contribution in [0, 0.1) is 0 Å². The van der Waals surface area contributed by atoms with Crippen LogP contribution in [0.4, 0.5) is 8.78 Å². The number of ether oxygens (including phenoxy) is 2. The summed E-state index contributed by atoms with van der Waals surface area (Å²) in [5.41, 5.74) is -0.732. The van der Waals surface area contributed by atoms with E-state index in [-0.39, 0.29) is 16.5 Å². The largest absolute Gasteiger partial charge is 0.489 e. The van der Waals surface area contributed by atoms with E-state index < -0.39 is 17.5 Å². The van der Waals surface area contributed by atoms with Crippen molar-refractivity contribution in [1.29, 1.82) is 0 Å². The predicted molar refractivity (Wildman–Crippen MR) is 58.6 cm³/mol. The second-order valence-electron chi connectivity index (χ2n) is 3.72. The van der Waals surface area contributed by atoms with E-state index in [9.17, 15) is 13.6 Å². The van der Waals surface area contributed by atoms with Gasteiger partial charge in [-0.25, -0.2) is 4.79 Å². The molecule has 0 bridgehead atoms. The van der Waals surface area contributed by atoms with E-state index in [1.807, 2.05) is 0 Å². The van der Waals surface area contributed by atoms with Gasteiger partial charge in [0.2, 0.25) is 0 Å². The number of carbonyl (C=O) groups is 1. The molecule has 0 fully saturated rings. The monoisotopic (exact) mass is 278 g/mol. The maximum atomic E-state index is 13.4. The summed E-state index contributed by atoms with van der Waals surface area (Å²) >= 11 is 5.80. The van der Waals surface area contributed by atoms with Gasteiger partial charge in [0, 0.05) is 12.0 Å². The molecule has 18 heavy (non-hydrogen) atoms. The summed E-state index contributed by atoms with van der Waals surface area (Å²) in [5, 5.41) is 8.39. The van der Waals surface area contributed by atoms with Crippen molar-refractivity contribution in [3.05, 3.63) is 22.7 Å². The summed E-state index contributed by atoms with van der Waals surface area (Å²) < 4.78 is 37.2. The molecule has 0 unspecified atom stereocenters. The Hall–Kier alpha value is -1.56. The SMILES string of the molecule is O=C(O)C(F)(F)c1cc(Cl)c2c(c1)OCCCO2. The van der Waals surface area contributed by atoms with Gasteiger partial charge >= 0.3 is 11.9 Å². The number of rotatable bonds is 2. The van der Waals surface area contributed by atoms with Crippen LogP contribution in [0.1, 0.15) is 12.0 Å². The van der Waals surface area contributed by atoms with Crippen LogP contribution >= 0.6 is 11.6 Å². The molecule has 1 aliphatic rings. The Morgan fingerprint density at radius 1 is 1.33 bits per heavy atom. The van der Waals surface area contributed by atoms with Crippen molar-refractivity contribution in [2.75, 3.05) is 13.2 Å². The third kappa shape index (κ3) is 2.20. The minimum Gasteiger partial charge on any atom is -0.489 e. The van der Waals surface area contributed by atoms with Gasteiger partial charge in [0.05, 0.1) is 18.2 Å². The van der Waals surface area contributed by atoms with Crippen LogP contribution in [-0.2, 0) is 10.7 Å². The van der Waals surface area contributed by atoms with Gasteiger partial charge in [-0.1, -0.05) is 11.6 Å². The van der Waals surface area contributed by atoms with Crippen LogP contribution in [0.5, 0.6) is 11.5 Å². The van der Waals surface area contributed by atoms with E-state index >= 15 is 0 Å². The summed E-state index contributed by atoms with van der Waals surface area (Å²) in [6.07, 6.45) is 0.593. The number of hydrogen-bond donors (Lipinski definition) is 1. The Labute approximate surface area is 106 Å². The second kappa shape index (κ2) is 4.61. The fraction of sp³-hybridized carbons (Fsp3) is 0.364. The molecule has 7 heteroatoms. The van der Waals surface area contributed by atoms with Crippen molar-refractivity contribution in [2.45, 2.75) is 12.3 Å². The van der Waals surface area contributed by atoms with E-state index in [4.69, 9.17) is 26.2 Å². The van der Waals surface area contributed by atoms with Crippen molar-refractivity contribution in [1.82, 2.24) is 0 Å². The molecule has 2 rings (SSSR count). The van der Waals surface area contributed by atoms with Gasteiger partial charge in [-0.05, 0) is 12.1 Å². The normalized spacial score (nSPS) is 15.1. The maximum Gasteiger partial charge on any atom is 0.379 e. The predicted octanol–water partition coefficient (Wildman–Crippen LogP) is 2.68. The molecule has 1 heterocycles. The molecule has 98 valence electrons. The molecule has 0 spiro atoms. The van der Waals surface area contributed by atoms with Gasteiger partial charge in [-0.15, -0.1) is 0 Å². The average Bonchev–Trinajstić information content (AvgIpc) is 2.54. The van der Waals surface area contributed by atoms with Crippen molar-refractivity contribution >= 4 is 17.6 Å². The number of aliphatic carboxylic acids is 1. The quantitative estimate of drug-likeness (QED) is 0.904. The van der Waals surface area contributed by atoms with Crippen LogP contribution < -0.4 is 9.47 Å². The van der Waals surface area contributed by atoms with Gasteiger partial charge in [-0.3, -0.25) is 0 Å². The van der Waals surface area contributed by atoms with Crippen molar-refractivity contribution in [3.63, 3.8) is 0 Å². The molecular formula is C11H9ClF2O4. The Bertz CT molecular complexity index is 490. The molecule has 1 aromatic carbocycles. The molecule has 0 radical (unpaired) electrons. The standard InChI is InChI=1S/C11H9ClF2O4/c12-7-4-6(11(13,14)10(15)16)5-8-9(7)18-3-1-2-17-8/h4-5H,1-3H2,(H,15,16). The van der Waals surface area contributed by atoms with Gasteiger partial charge in [-0.2, -0.15) is 8.78 Å². The first kappa shape index (κ1) is 12.9. The highest BCUT2D eigenvalue weighted by atomic mass is 35.5. The first-order chi connectivity index (χ1) is 8.43. The molecule has 0 saturated heterocycles. The minimum absolute atomic E-state index is 0.0379. The van der Waals surface area contributed by atoms with Crippen LogP contribution in [0.25, 0.3) is 0 Å². The van der Waals surface area contributed by atoms with Gasteiger partial charge < -0.3 is 14.6 Å². The number of fused-ring (bicyclic) bond motifs is 1. The van der Waals surface area contributed by atoms with Crippen LogP contribution in [0.15, 0.2) is 12.1 Å². The second-order valence-corrected chi connectivity index (χ2v) is 4.12. The van der Waals surface area contributed by atoms with Crippen LogP contribution in [-0.4, -0.2) is 24.3 Å². The summed E-state index contributed by atoms with van der Waals surface area (Å²) in [7, 11) is 0. The third-order valence-electron chi connectivity index (χ3n) is 2.43. The highest BCUT2D eigenvalue weighted by Crippen LogP contribution is 2.42. The topological polar surface area (TPSA) is 55.8 Å². The van der Waals surface area contributed by atoms with Gasteiger partial charge in [0.1, 0.15) is 0 Å². The maximum absolute atomic E-state index is 13.4. The Kier molecular flexibility index (Phi) is 3.30. The summed E-state index contributed by atoms with van der Waals surface area (Å²) in [5.74, 6) is -6.06. The molecule has 0 saturated carbocycles. The Morgan fingerprint density at radius 3 is 2.67 bits per heavy atom. The number of benzene rings is 1. The zero-order valence-corrected chi connectivity index (χ0v) is 9.84. The molecule has 1 N–H and O–H groups in total. The van der Waals surface area contributed by atoms with Gasteiger partial charge in [0.15, 0.2) is 11.5 Å². The lowest BCUT2D eigenvalue weighted by molar-refractivity contribution is -0.166. The van der Waals surface area contributed by atoms with E-state index in [0.717, 1.165) is 12.1 Å². The highest BCUT2D eigenvalue weighted by molar-refractivity contribution is 6.32. The van der Waals surface area contributed by atoms with E-state index in [1.165, 1.54) is 0 Å². The van der Waals surface area contributed by atoms with E-state index in [2.05, 4.69) is 0 Å². The number of carboxylic acids is 1. The van der Waals surface area contributed by atoms with E-state index in [0.29, 0.717) is 19.6 Å². The lowest BCUT2D eigenvalue weighted by atomic mass is 10.1. The van der Waals surface area contributed by atoms with Crippen molar-refractivity contribution < 1.29 is 28.2 Å². The minimum atomic E-state index is -4.02. The molecule has 0 aliphatic carbocycles. The number of halogens is 3. The first-order valence-corrected chi connectivity index (χ1v) is 5.51. The Balaban J connectivity index is 2.50. The summed E-state index contributed by atoms with van der Waals surface area (Å²) in [6.45, 7) is 0.660. The molecular weight excluding hydrogens is 270 g/mol. The van der Waals surface area contributed by atoms with Gasteiger partial charge in [0.25, 0.3) is 0 Å². The smallest absolute Gasteiger partial charge is 0.379 e. The summed E-state index contributed by atoms with van der Waals surface area (Å²) in [4.78, 5) is 10.5. The number of alkyl halides is 2. The van der Waals surface area contributed by atoms with Crippen molar-refractivity contribution in [3.8, 4) is 11.5 Å². The lowest BCUT2D eigenvalue weighted by Crippen LogP contribution is -2.25. The molecule has 0 atom stereocenters. The lowest BCUT2D eigenvalue weighted by Gasteiger charge is -2.15. The number of hydrogen-bond acceptors (Lipinski definition) is 3. The molecule has 1 aromatic rings. The highest BCUT2D eigenvalue weighted by Gasteiger charge is 2.42. The zero-order chi connectivity index (χ0) is 13.3. The molecule has 0 amide bonds. The molecule has 1 aliphatic heterocycles. The summed E-state index contributed by atoms with van der Waals surface area (Å²) in [6, 6.07) is 1.82. The third-order valence-corrected chi connectivity index (χ3v) is 2.71.